The van der Waals surface area contributed by atoms with Crippen LogP contribution in [0, 0.1) is 6.92 Å². The van der Waals surface area contributed by atoms with E-state index >= 15 is 0 Å². The number of carbonyl (C=O) groups excluding carboxylic acids is 1. The van der Waals surface area contributed by atoms with Crippen LogP contribution >= 0.6 is 15.9 Å². The normalized spacial score (nSPS) is 15.2. The molecule has 0 spiro atoms. The first-order chi connectivity index (χ1) is 15.9. The quantitative estimate of drug-likeness (QED) is 0.435. The molecule has 1 unspecified atom stereocenters. The molecule has 0 radical (unpaired) electrons. The molecular formula is C23H24BrN7O2. The molecule has 1 aliphatic rings. The molecule has 2 amide bonds. The van der Waals surface area contributed by atoms with Crippen molar-refractivity contribution in [1.29, 1.82) is 0 Å². The summed E-state index contributed by atoms with van der Waals surface area (Å²) in [6.07, 6.45) is 3.56. The third-order valence-electron chi connectivity index (χ3n) is 5.84. The highest BCUT2D eigenvalue weighted by atomic mass is 79.9. The van der Waals surface area contributed by atoms with Gasteiger partial charge < -0.3 is 20.7 Å². The number of pyridine rings is 1. The van der Waals surface area contributed by atoms with Crippen molar-refractivity contribution < 1.29 is 9.53 Å². The molecule has 0 bridgehead atoms. The second-order valence-electron chi connectivity index (χ2n) is 8.18. The van der Waals surface area contributed by atoms with Gasteiger partial charge in [0.2, 0.25) is 0 Å². The first kappa shape index (κ1) is 21.6. The monoisotopic (exact) mass is 509 g/mol. The number of aryl methyl sites for hydroxylation is 1. The average Bonchev–Trinajstić information content (AvgIpc) is 3.25. The molecule has 1 fully saturated rings. The van der Waals surface area contributed by atoms with Gasteiger partial charge in [0.05, 0.1) is 41.1 Å². The molecule has 170 valence electrons. The van der Waals surface area contributed by atoms with E-state index in [2.05, 4.69) is 50.4 Å². The van der Waals surface area contributed by atoms with Crippen molar-refractivity contribution in [2.24, 2.45) is 0 Å². The number of nitrogens with zero attached hydrogens (tertiary/aromatic N) is 5. The summed E-state index contributed by atoms with van der Waals surface area (Å²) in [6, 6.07) is 7.71. The van der Waals surface area contributed by atoms with Crippen molar-refractivity contribution in [2.45, 2.75) is 19.9 Å². The van der Waals surface area contributed by atoms with Crippen molar-refractivity contribution in [3.63, 3.8) is 0 Å². The van der Waals surface area contributed by atoms with Gasteiger partial charge in [-0.3, -0.25) is 4.98 Å². The minimum absolute atomic E-state index is 0.152. The van der Waals surface area contributed by atoms with E-state index < -0.39 is 0 Å². The SMILES string of the molecule is Cc1ccc2ncc(-c3cnn4c(N)c(Br)c(C(C)NC(=O)N5CCOCC5)nc34)cc2c1. The first-order valence-corrected chi connectivity index (χ1v) is 11.5. The van der Waals surface area contributed by atoms with Gasteiger partial charge in [-0.15, -0.1) is 0 Å². The first-order valence-electron chi connectivity index (χ1n) is 10.7. The summed E-state index contributed by atoms with van der Waals surface area (Å²) < 4.78 is 7.53. The van der Waals surface area contributed by atoms with Gasteiger partial charge in [0.15, 0.2) is 5.65 Å². The van der Waals surface area contributed by atoms with E-state index in [4.69, 9.17) is 15.5 Å². The van der Waals surface area contributed by atoms with Crippen molar-refractivity contribution in [3.05, 3.63) is 52.4 Å². The maximum Gasteiger partial charge on any atom is 0.318 e. The fourth-order valence-electron chi connectivity index (χ4n) is 4.01. The number of carbonyl (C=O) groups is 1. The molecule has 0 aliphatic carbocycles. The summed E-state index contributed by atoms with van der Waals surface area (Å²) >= 11 is 3.55. The van der Waals surface area contributed by atoms with E-state index in [1.165, 1.54) is 5.56 Å². The van der Waals surface area contributed by atoms with Gasteiger partial charge in [-0.25, -0.2) is 9.78 Å². The molecule has 1 aromatic carbocycles. The Kier molecular flexibility index (Phi) is 5.63. The molecule has 4 heterocycles. The van der Waals surface area contributed by atoms with E-state index in [-0.39, 0.29) is 12.1 Å². The topological polar surface area (TPSA) is 111 Å². The molecule has 10 heteroatoms. The van der Waals surface area contributed by atoms with Crippen LogP contribution in [0.25, 0.3) is 27.7 Å². The molecule has 9 nitrogen and oxygen atoms in total. The van der Waals surface area contributed by atoms with Crippen LogP contribution < -0.4 is 11.1 Å². The van der Waals surface area contributed by atoms with Gasteiger partial charge in [-0.05, 0) is 48.0 Å². The average molecular weight is 510 g/mol. The molecule has 0 saturated carbocycles. The lowest BCUT2D eigenvalue weighted by Crippen LogP contribution is -2.46. The minimum atomic E-state index is -0.373. The number of nitrogens with two attached hydrogens (primary N) is 1. The second kappa shape index (κ2) is 8.60. The number of ether oxygens (including phenoxy) is 1. The van der Waals surface area contributed by atoms with Crippen LogP contribution in [0.1, 0.15) is 24.2 Å². The van der Waals surface area contributed by atoms with E-state index in [0.29, 0.717) is 47.9 Å². The van der Waals surface area contributed by atoms with Crippen LogP contribution in [-0.4, -0.2) is 56.8 Å². The van der Waals surface area contributed by atoms with Crippen molar-refractivity contribution in [1.82, 2.24) is 29.8 Å². The zero-order valence-electron chi connectivity index (χ0n) is 18.4. The molecule has 1 aliphatic heterocycles. The Morgan fingerprint density at radius 1 is 1.24 bits per heavy atom. The molecule has 1 saturated heterocycles. The fourth-order valence-corrected chi connectivity index (χ4v) is 4.61. The molecule has 4 aromatic rings. The molecular weight excluding hydrogens is 486 g/mol. The van der Waals surface area contributed by atoms with Crippen LogP contribution in [0.15, 0.2) is 41.1 Å². The highest BCUT2D eigenvalue weighted by Crippen LogP contribution is 2.33. The third kappa shape index (κ3) is 4.00. The number of urea groups is 1. The Labute approximate surface area is 199 Å². The number of nitrogens with one attached hydrogen (secondary N) is 1. The van der Waals surface area contributed by atoms with Gasteiger partial charge in [0, 0.05) is 35.8 Å². The molecule has 3 aromatic heterocycles. The Morgan fingerprint density at radius 2 is 2.03 bits per heavy atom. The highest BCUT2D eigenvalue weighted by molar-refractivity contribution is 9.10. The van der Waals surface area contributed by atoms with Crippen molar-refractivity contribution >= 4 is 44.3 Å². The van der Waals surface area contributed by atoms with Crippen molar-refractivity contribution in [2.75, 3.05) is 32.0 Å². The summed E-state index contributed by atoms with van der Waals surface area (Å²) in [6.45, 7) is 6.16. The van der Waals surface area contributed by atoms with E-state index in [0.717, 1.165) is 22.0 Å². The number of nitrogen functional groups attached to an aromatic ring is 1. The zero-order chi connectivity index (χ0) is 23.1. The number of aromatic nitrogens is 4. The van der Waals surface area contributed by atoms with Crippen LogP contribution in [0.5, 0.6) is 0 Å². The summed E-state index contributed by atoms with van der Waals surface area (Å²) in [5.41, 5.74) is 11.4. The summed E-state index contributed by atoms with van der Waals surface area (Å²) in [4.78, 5) is 23.9. The van der Waals surface area contributed by atoms with Gasteiger partial charge in [-0.2, -0.15) is 9.61 Å². The predicted molar refractivity (Wildman–Crippen MR) is 130 cm³/mol. The van der Waals surface area contributed by atoms with Gasteiger partial charge >= 0.3 is 6.03 Å². The largest absolute Gasteiger partial charge is 0.383 e. The predicted octanol–water partition coefficient (Wildman–Crippen LogP) is 3.70. The van der Waals surface area contributed by atoms with Crippen LogP contribution in [-0.2, 0) is 4.74 Å². The number of benzene rings is 1. The third-order valence-corrected chi connectivity index (χ3v) is 6.66. The maximum atomic E-state index is 12.7. The summed E-state index contributed by atoms with van der Waals surface area (Å²) in [5, 5.41) is 8.52. The summed E-state index contributed by atoms with van der Waals surface area (Å²) in [5.74, 6) is 0.415. The number of fused-ring (bicyclic) bond motifs is 2. The molecule has 5 rings (SSSR count). The Hall–Kier alpha value is -3.24. The Morgan fingerprint density at radius 3 is 2.82 bits per heavy atom. The molecule has 3 N–H and O–H groups in total. The number of amides is 2. The minimum Gasteiger partial charge on any atom is -0.383 e. The number of hydrogen-bond acceptors (Lipinski definition) is 6. The molecule has 1 atom stereocenters. The number of morpholine rings is 1. The molecule has 33 heavy (non-hydrogen) atoms. The fraction of sp³-hybridized carbons (Fsp3) is 0.304. The van der Waals surface area contributed by atoms with Gasteiger partial charge in [-0.1, -0.05) is 11.6 Å². The summed E-state index contributed by atoms with van der Waals surface area (Å²) in [7, 11) is 0. The maximum absolute atomic E-state index is 12.7. The van der Waals surface area contributed by atoms with Crippen LogP contribution in [0.3, 0.4) is 0 Å². The standard InChI is InChI=1S/C23H24BrN7O2/c1-13-3-4-18-15(9-13)10-16(11-26-18)17-12-27-31-21(25)19(24)20(29-22(17)31)14(2)28-23(32)30-5-7-33-8-6-30/h3-4,9-12,14H,5-8,25H2,1-2H3,(H,28,32). The number of anilines is 1. The highest BCUT2D eigenvalue weighted by Gasteiger charge is 2.24. The van der Waals surface area contributed by atoms with Gasteiger partial charge in [0.25, 0.3) is 0 Å². The lowest BCUT2D eigenvalue weighted by Gasteiger charge is -2.28. The lowest BCUT2D eigenvalue weighted by molar-refractivity contribution is 0.0526. The Balaban J connectivity index is 1.53. The van der Waals surface area contributed by atoms with Gasteiger partial charge in [0.1, 0.15) is 5.82 Å². The lowest BCUT2D eigenvalue weighted by atomic mass is 10.1. The number of halogens is 1. The number of hydrogen-bond donors (Lipinski definition) is 2. The second-order valence-corrected chi connectivity index (χ2v) is 8.97. The number of rotatable bonds is 3. The van der Waals surface area contributed by atoms with E-state index in [1.807, 2.05) is 25.3 Å². The Bertz CT molecular complexity index is 1360. The smallest absolute Gasteiger partial charge is 0.318 e. The van der Waals surface area contributed by atoms with Crippen LogP contribution in [0.2, 0.25) is 0 Å². The van der Waals surface area contributed by atoms with E-state index in [9.17, 15) is 4.79 Å². The zero-order valence-corrected chi connectivity index (χ0v) is 20.0. The van der Waals surface area contributed by atoms with E-state index in [1.54, 1.807) is 15.6 Å². The van der Waals surface area contributed by atoms with Crippen LogP contribution in [0.4, 0.5) is 10.6 Å². The van der Waals surface area contributed by atoms with Crippen molar-refractivity contribution in [3.8, 4) is 11.1 Å².